The smallest absolute Gasteiger partial charge is 0.193 e. The molecule has 7 heteroatoms. The minimum atomic E-state index is 0. The fourth-order valence-corrected chi connectivity index (χ4v) is 2.67. The third-order valence-electron chi connectivity index (χ3n) is 3.57. The highest BCUT2D eigenvalue weighted by molar-refractivity contribution is 14.0. The molecule has 0 aliphatic heterocycles. The van der Waals surface area contributed by atoms with Gasteiger partial charge in [-0.05, 0) is 43.5 Å². The molecule has 0 unspecified atom stereocenters. The number of benzene rings is 1. The summed E-state index contributed by atoms with van der Waals surface area (Å²) in [5, 5.41) is 8.40. The Labute approximate surface area is 172 Å². The van der Waals surface area contributed by atoms with Crippen LogP contribution in [0.3, 0.4) is 0 Å². The van der Waals surface area contributed by atoms with E-state index in [1.54, 1.807) is 0 Å². The molecule has 1 aromatic carbocycles. The van der Waals surface area contributed by atoms with Crippen molar-refractivity contribution in [3.63, 3.8) is 0 Å². The van der Waals surface area contributed by atoms with Crippen molar-refractivity contribution in [3.05, 3.63) is 52.8 Å². The molecule has 1 heterocycles. The molecule has 25 heavy (non-hydrogen) atoms. The van der Waals surface area contributed by atoms with E-state index in [0.717, 1.165) is 43.6 Å². The Hall–Kier alpha value is -1.28. The van der Waals surface area contributed by atoms with Crippen molar-refractivity contribution in [1.82, 2.24) is 20.0 Å². The van der Waals surface area contributed by atoms with Crippen LogP contribution in [0.1, 0.15) is 24.5 Å². The second-order valence-electron chi connectivity index (χ2n) is 5.86. The third kappa shape index (κ3) is 7.64. The lowest BCUT2D eigenvalue weighted by Crippen LogP contribution is -2.38. The van der Waals surface area contributed by atoms with Gasteiger partial charge in [0, 0.05) is 44.4 Å². The Morgan fingerprint density at radius 3 is 2.84 bits per heavy atom. The molecule has 2 aromatic rings. The Kier molecular flexibility index (Phi) is 9.89. The quantitative estimate of drug-likeness (QED) is 0.285. The van der Waals surface area contributed by atoms with E-state index in [0.29, 0.717) is 0 Å². The van der Waals surface area contributed by atoms with Crippen molar-refractivity contribution in [1.29, 1.82) is 0 Å². The van der Waals surface area contributed by atoms with Gasteiger partial charge in [0.15, 0.2) is 5.96 Å². The molecule has 0 atom stereocenters. The number of aliphatic imine (C=N–C) groups is 1. The van der Waals surface area contributed by atoms with Crippen molar-refractivity contribution in [3.8, 4) is 0 Å². The predicted molar refractivity (Wildman–Crippen MR) is 116 cm³/mol. The molecule has 1 N–H and O–H groups in total. The average Bonchev–Trinajstić information content (AvgIpc) is 2.95. The Balaban J connectivity index is 0.00000312. The molecular weight excluding hydrogens is 449 g/mol. The van der Waals surface area contributed by atoms with E-state index >= 15 is 0 Å². The van der Waals surface area contributed by atoms with E-state index in [-0.39, 0.29) is 24.0 Å². The normalized spacial score (nSPS) is 11.1. The Bertz CT molecular complexity index is 671. The number of nitrogens with zero attached hydrogens (tertiary/aromatic N) is 4. The van der Waals surface area contributed by atoms with E-state index in [1.807, 2.05) is 36.1 Å². The second kappa shape index (κ2) is 11.4. The lowest BCUT2D eigenvalue weighted by atomic mass is 10.2. The first-order valence-corrected chi connectivity index (χ1v) is 8.69. The molecule has 0 bridgehead atoms. The molecule has 138 valence electrons. The lowest BCUT2D eigenvalue weighted by Gasteiger charge is -2.22. The highest BCUT2D eigenvalue weighted by Gasteiger charge is 2.06. The van der Waals surface area contributed by atoms with Crippen LogP contribution in [-0.4, -0.2) is 40.8 Å². The fourth-order valence-electron chi connectivity index (χ4n) is 2.46. The van der Waals surface area contributed by atoms with Crippen LogP contribution in [0.15, 0.2) is 41.7 Å². The van der Waals surface area contributed by atoms with E-state index in [2.05, 4.69) is 41.4 Å². The number of nitrogens with one attached hydrogen (secondary N) is 1. The number of guanidine groups is 1. The van der Waals surface area contributed by atoms with Gasteiger partial charge in [0.2, 0.25) is 0 Å². The SMILES string of the molecule is CCNC(=NCCCn1cc(C)cn1)N(C)Cc1cccc(Cl)c1.I. The lowest BCUT2D eigenvalue weighted by molar-refractivity contribution is 0.475. The third-order valence-corrected chi connectivity index (χ3v) is 3.81. The molecule has 5 nitrogen and oxygen atoms in total. The zero-order chi connectivity index (χ0) is 17.4. The first kappa shape index (κ1) is 21.8. The summed E-state index contributed by atoms with van der Waals surface area (Å²) in [5.74, 6) is 0.911. The first-order valence-electron chi connectivity index (χ1n) is 8.31. The first-order chi connectivity index (χ1) is 11.6. The Morgan fingerprint density at radius 2 is 2.20 bits per heavy atom. The summed E-state index contributed by atoms with van der Waals surface area (Å²) in [6.07, 6.45) is 4.90. The maximum absolute atomic E-state index is 6.06. The second-order valence-corrected chi connectivity index (χ2v) is 6.29. The van der Waals surface area contributed by atoms with Gasteiger partial charge in [0.1, 0.15) is 0 Å². The van der Waals surface area contributed by atoms with E-state index in [4.69, 9.17) is 16.6 Å². The van der Waals surface area contributed by atoms with Gasteiger partial charge in [0.05, 0.1) is 6.20 Å². The molecule has 0 fully saturated rings. The van der Waals surface area contributed by atoms with Crippen LogP contribution in [0.25, 0.3) is 0 Å². The monoisotopic (exact) mass is 475 g/mol. The highest BCUT2D eigenvalue weighted by Crippen LogP contribution is 2.12. The van der Waals surface area contributed by atoms with E-state index < -0.39 is 0 Å². The molecule has 0 radical (unpaired) electrons. The average molecular weight is 476 g/mol. The van der Waals surface area contributed by atoms with Gasteiger partial charge in [-0.3, -0.25) is 9.67 Å². The molecule has 0 aliphatic carbocycles. The number of halogens is 2. The zero-order valence-corrected chi connectivity index (χ0v) is 18.2. The van der Waals surface area contributed by atoms with Crippen molar-refractivity contribution in [2.75, 3.05) is 20.1 Å². The topological polar surface area (TPSA) is 45.5 Å². The van der Waals surface area contributed by atoms with Gasteiger partial charge >= 0.3 is 0 Å². The molecule has 0 saturated carbocycles. The highest BCUT2D eigenvalue weighted by atomic mass is 127. The van der Waals surface area contributed by atoms with Crippen LogP contribution in [0.4, 0.5) is 0 Å². The van der Waals surface area contributed by atoms with Gasteiger partial charge in [-0.1, -0.05) is 23.7 Å². The maximum Gasteiger partial charge on any atom is 0.193 e. The summed E-state index contributed by atoms with van der Waals surface area (Å²) < 4.78 is 1.97. The fraction of sp³-hybridized carbons (Fsp3) is 0.444. The molecular formula is C18H27ClIN5. The van der Waals surface area contributed by atoms with Gasteiger partial charge in [-0.25, -0.2) is 0 Å². The number of hydrogen-bond donors (Lipinski definition) is 1. The van der Waals surface area contributed by atoms with E-state index in [9.17, 15) is 0 Å². The van der Waals surface area contributed by atoms with Gasteiger partial charge in [0.25, 0.3) is 0 Å². The molecule has 1 aromatic heterocycles. The number of rotatable bonds is 7. The summed E-state index contributed by atoms with van der Waals surface area (Å²) in [6.45, 7) is 7.39. The molecule has 0 saturated heterocycles. The predicted octanol–water partition coefficient (Wildman–Crippen LogP) is 3.95. The summed E-state index contributed by atoms with van der Waals surface area (Å²) >= 11 is 6.06. The van der Waals surface area contributed by atoms with Gasteiger partial charge < -0.3 is 10.2 Å². The van der Waals surface area contributed by atoms with Crippen molar-refractivity contribution < 1.29 is 0 Å². The van der Waals surface area contributed by atoms with Crippen molar-refractivity contribution in [2.24, 2.45) is 4.99 Å². The molecule has 0 aliphatic rings. The standard InChI is InChI=1S/C18H26ClN5.HI/c1-4-20-18(21-9-6-10-24-13-15(2)12-22-24)23(3)14-16-7-5-8-17(19)11-16;/h5,7-8,11-13H,4,6,9-10,14H2,1-3H3,(H,20,21);1H. The van der Waals surface area contributed by atoms with Crippen LogP contribution in [0, 0.1) is 6.92 Å². The van der Waals surface area contributed by atoms with Gasteiger partial charge in [-0.15, -0.1) is 24.0 Å². The summed E-state index contributed by atoms with van der Waals surface area (Å²) in [7, 11) is 2.04. The van der Waals surface area contributed by atoms with E-state index in [1.165, 1.54) is 11.1 Å². The Morgan fingerprint density at radius 1 is 1.40 bits per heavy atom. The van der Waals surface area contributed by atoms with Crippen molar-refractivity contribution >= 4 is 41.5 Å². The minimum Gasteiger partial charge on any atom is -0.357 e. The van der Waals surface area contributed by atoms with Crippen LogP contribution < -0.4 is 5.32 Å². The van der Waals surface area contributed by atoms with Gasteiger partial charge in [-0.2, -0.15) is 5.10 Å². The van der Waals surface area contributed by atoms with Crippen LogP contribution in [0.5, 0.6) is 0 Å². The molecule has 0 amide bonds. The summed E-state index contributed by atoms with van der Waals surface area (Å²) in [6, 6.07) is 7.93. The molecule has 2 rings (SSSR count). The summed E-state index contributed by atoms with van der Waals surface area (Å²) in [4.78, 5) is 6.83. The largest absolute Gasteiger partial charge is 0.357 e. The number of hydrogen-bond acceptors (Lipinski definition) is 2. The van der Waals surface area contributed by atoms with Crippen molar-refractivity contribution in [2.45, 2.75) is 33.4 Å². The van der Waals surface area contributed by atoms with Crippen LogP contribution in [0.2, 0.25) is 5.02 Å². The number of aromatic nitrogens is 2. The zero-order valence-electron chi connectivity index (χ0n) is 15.1. The summed E-state index contributed by atoms with van der Waals surface area (Å²) in [5.41, 5.74) is 2.36. The number of aryl methyl sites for hydroxylation is 2. The molecule has 0 spiro atoms. The van der Waals surface area contributed by atoms with Crippen LogP contribution in [-0.2, 0) is 13.1 Å². The minimum absolute atomic E-state index is 0. The maximum atomic E-state index is 6.06. The van der Waals surface area contributed by atoms with Crippen LogP contribution >= 0.6 is 35.6 Å².